The van der Waals surface area contributed by atoms with Crippen molar-refractivity contribution in [2.45, 2.75) is 64.4 Å². The molecule has 0 aliphatic heterocycles. The molecule has 1 heteroatoms. The minimum Gasteiger partial charge on any atom is -0.381 e. The zero-order chi connectivity index (χ0) is 10.0. The molecule has 2 fully saturated rings. The lowest BCUT2D eigenvalue weighted by atomic mass is 9.59. The van der Waals surface area contributed by atoms with Crippen LogP contribution < -0.4 is 0 Å². The van der Waals surface area contributed by atoms with Crippen LogP contribution in [0.2, 0.25) is 0 Å². The summed E-state index contributed by atoms with van der Waals surface area (Å²) in [6.07, 6.45) is 11.9. The summed E-state index contributed by atoms with van der Waals surface area (Å²) < 4.78 is 5.57. The zero-order valence-electron chi connectivity index (χ0n) is 9.72. The molecule has 2 saturated carbocycles. The second-order valence-corrected chi connectivity index (χ2v) is 5.46. The number of hydrogen-bond donors (Lipinski definition) is 0. The van der Waals surface area contributed by atoms with Gasteiger partial charge in [0, 0.05) is 7.11 Å². The van der Waals surface area contributed by atoms with Crippen LogP contribution in [0.25, 0.3) is 0 Å². The average molecular weight is 196 g/mol. The molecule has 14 heavy (non-hydrogen) atoms. The molecule has 0 aromatic carbocycles. The smallest absolute Gasteiger partial charge is 0.0576 e. The van der Waals surface area contributed by atoms with Crippen LogP contribution in [0.5, 0.6) is 0 Å². The van der Waals surface area contributed by atoms with Gasteiger partial charge in [0.15, 0.2) is 0 Å². The molecule has 2 aliphatic rings. The Bertz CT molecular complexity index is 182. The van der Waals surface area contributed by atoms with Crippen LogP contribution in [0.15, 0.2) is 0 Å². The molecule has 0 heterocycles. The van der Waals surface area contributed by atoms with Gasteiger partial charge in [-0.05, 0) is 43.4 Å². The summed E-state index contributed by atoms with van der Waals surface area (Å²) in [5, 5.41) is 0. The Kier molecular flexibility index (Phi) is 3.16. The van der Waals surface area contributed by atoms with Crippen LogP contribution >= 0.6 is 0 Å². The van der Waals surface area contributed by atoms with Crippen molar-refractivity contribution in [1.82, 2.24) is 0 Å². The highest BCUT2D eigenvalue weighted by Gasteiger charge is 2.42. The predicted octanol–water partition coefficient (Wildman–Crippen LogP) is 3.77. The van der Waals surface area contributed by atoms with Gasteiger partial charge in [-0.25, -0.2) is 0 Å². The third-order valence-electron chi connectivity index (χ3n) is 4.78. The highest BCUT2D eigenvalue weighted by atomic mass is 16.5. The van der Waals surface area contributed by atoms with Crippen molar-refractivity contribution in [2.24, 2.45) is 11.3 Å². The summed E-state index contributed by atoms with van der Waals surface area (Å²) in [7, 11) is 1.89. The van der Waals surface area contributed by atoms with E-state index in [9.17, 15) is 0 Å². The first-order valence-electron chi connectivity index (χ1n) is 6.30. The van der Waals surface area contributed by atoms with Gasteiger partial charge in [-0.2, -0.15) is 0 Å². The van der Waals surface area contributed by atoms with Crippen molar-refractivity contribution in [3.63, 3.8) is 0 Å². The van der Waals surface area contributed by atoms with E-state index in [-0.39, 0.29) is 0 Å². The molecular weight excluding hydrogens is 172 g/mol. The van der Waals surface area contributed by atoms with Gasteiger partial charge >= 0.3 is 0 Å². The third kappa shape index (κ3) is 1.84. The lowest BCUT2D eigenvalue weighted by molar-refractivity contribution is -0.0367. The first-order valence-corrected chi connectivity index (χ1v) is 6.30. The third-order valence-corrected chi connectivity index (χ3v) is 4.78. The molecule has 0 radical (unpaired) electrons. The molecule has 2 aliphatic carbocycles. The highest BCUT2D eigenvalue weighted by Crippen LogP contribution is 2.51. The fraction of sp³-hybridized carbons (Fsp3) is 1.00. The Morgan fingerprint density at radius 1 is 1.07 bits per heavy atom. The van der Waals surface area contributed by atoms with Crippen molar-refractivity contribution in [3.8, 4) is 0 Å². The van der Waals surface area contributed by atoms with Gasteiger partial charge in [0.25, 0.3) is 0 Å². The Labute approximate surface area is 88.2 Å². The van der Waals surface area contributed by atoms with E-state index in [1.807, 2.05) is 7.11 Å². The minimum absolute atomic E-state index is 0.560. The van der Waals surface area contributed by atoms with Gasteiger partial charge in [0.2, 0.25) is 0 Å². The van der Waals surface area contributed by atoms with Crippen LogP contribution in [0.3, 0.4) is 0 Å². The molecule has 0 saturated heterocycles. The largest absolute Gasteiger partial charge is 0.381 e. The quantitative estimate of drug-likeness (QED) is 0.620. The summed E-state index contributed by atoms with van der Waals surface area (Å²) in [5.41, 5.74) is 0.664. The predicted molar refractivity (Wildman–Crippen MR) is 59.3 cm³/mol. The first kappa shape index (κ1) is 10.5. The molecule has 2 unspecified atom stereocenters. The van der Waals surface area contributed by atoms with Crippen molar-refractivity contribution >= 4 is 0 Å². The minimum atomic E-state index is 0.560. The number of ether oxygens (including phenoxy) is 1. The number of methoxy groups -OCH3 is 1. The molecule has 0 bridgehead atoms. The Hall–Kier alpha value is -0.0400. The standard InChI is InChI=1S/C13H24O/c1-11-6-7-12(14-2)10-13(11)8-4-3-5-9-13/h11-12H,3-10H2,1-2H3. The Morgan fingerprint density at radius 3 is 2.43 bits per heavy atom. The second-order valence-electron chi connectivity index (χ2n) is 5.46. The summed E-state index contributed by atoms with van der Waals surface area (Å²) in [6, 6.07) is 0. The van der Waals surface area contributed by atoms with E-state index in [0.717, 1.165) is 5.92 Å². The fourth-order valence-corrected chi connectivity index (χ4v) is 3.65. The lowest BCUT2D eigenvalue weighted by Crippen LogP contribution is -2.40. The van der Waals surface area contributed by atoms with Crippen molar-refractivity contribution in [2.75, 3.05) is 7.11 Å². The van der Waals surface area contributed by atoms with Crippen LogP contribution in [0.4, 0.5) is 0 Å². The zero-order valence-corrected chi connectivity index (χ0v) is 9.72. The molecule has 82 valence electrons. The van der Waals surface area contributed by atoms with E-state index in [1.165, 1.54) is 51.4 Å². The van der Waals surface area contributed by atoms with E-state index < -0.39 is 0 Å². The maximum absolute atomic E-state index is 5.57. The van der Waals surface area contributed by atoms with E-state index in [0.29, 0.717) is 11.5 Å². The summed E-state index contributed by atoms with van der Waals surface area (Å²) in [4.78, 5) is 0. The summed E-state index contributed by atoms with van der Waals surface area (Å²) in [6.45, 7) is 2.47. The molecule has 2 rings (SSSR count). The monoisotopic (exact) mass is 196 g/mol. The second kappa shape index (κ2) is 4.22. The normalized spacial score (nSPS) is 37.3. The van der Waals surface area contributed by atoms with E-state index in [2.05, 4.69) is 6.92 Å². The van der Waals surface area contributed by atoms with Gasteiger partial charge in [-0.1, -0.05) is 26.2 Å². The van der Waals surface area contributed by atoms with Crippen LogP contribution in [0.1, 0.15) is 58.3 Å². The average Bonchev–Trinajstić information content (AvgIpc) is 2.24. The van der Waals surface area contributed by atoms with E-state index in [1.54, 1.807) is 0 Å². The molecule has 0 aromatic heterocycles. The maximum atomic E-state index is 5.57. The summed E-state index contributed by atoms with van der Waals surface area (Å²) in [5.74, 6) is 0.939. The molecular formula is C13H24O. The Balaban J connectivity index is 2.05. The first-order chi connectivity index (χ1) is 6.77. The van der Waals surface area contributed by atoms with Gasteiger partial charge in [0.05, 0.1) is 6.10 Å². The SMILES string of the molecule is COC1CCC(C)C2(CCCCC2)C1. The number of hydrogen-bond acceptors (Lipinski definition) is 1. The van der Waals surface area contributed by atoms with Crippen molar-refractivity contribution in [3.05, 3.63) is 0 Å². The molecule has 0 amide bonds. The molecule has 0 N–H and O–H groups in total. The van der Waals surface area contributed by atoms with Gasteiger partial charge in [0.1, 0.15) is 0 Å². The maximum Gasteiger partial charge on any atom is 0.0576 e. The topological polar surface area (TPSA) is 9.23 Å². The fourth-order valence-electron chi connectivity index (χ4n) is 3.65. The van der Waals surface area contributed by atoms with Crippen LogP contribution in [0, 0.1) is 11.3 Å². The van der Waals surface area contributed by atoms with Gasteiger partial charge in [-0.15, -0.1) is 0 Å². The van der Waals surface area contributed by atoms with E-state index in [4.69, 9.17) is 4.74 Å². The summed E-state index contributed by atoms with van der Waals surface area (Å²) >= 11 is 0. The molecule has 2 atom stereocenters. The van der Waals surface area contributed by atoms with Crippen LogP contribution in [-0.4, -0.2) is 13.2 Å². The number of rotatable bonds is 1. The molecule has 0 aromatic rings. The Morgan fingerprint density at radius 2 is 1.79 bits per heavy atom. The lowest BCUT2D eigenvalue weighted by Gasteiger charge is -2.48. The van der Waals surface area contributed by atoms with Gasteiger partial charge in [-0.3, -0.25) is 0 Å². The van der Waals surface area contributed by atoms with Crippen molar-refractivity contribution < 1.29 is 4.74 Å². The molecule has 1 spiro atoms. The van der Waals surface area contributed by atoms with Crippen molar-refractivity contribution in [1.29, 1.82) is 0 Å². The molecule has 1 nitrogen and oxygen atoms in total. The van der Waals surface area contributed by atoms with Crippen LogP contribution in [-0.2, 0) is 4.74 Å². The van der Waals surface area contributed by atoms with E-state index >= 15 is 0 Å². The van der Waals surface area contributed by atoms with Gasteiger partial charge < -0.3 is 4.74 Å². The highest BCUT2D eigenvalue weighted by molar-refractivity contribution is 4.93.